The highest BCUT2D eigenvalue weighted by molar-refractivity contribution is 5.90. The van der Waals surface area contributed by atoms with Gasteiger partial charge in [-0.15, -0.1) is 0 Å². The first-order valence-corrected chi connectivity index (χ1v) is 6.06. The van der Waals surface area contributed by atoms with Crippen molar-refractivity contribution in [1.29, 1.82) is 0 Å². The normalized spacial score (nSPS) is 10.6. The highest BCUT2D eigenvalue weighted by Crippen LogP contribution is 2.26. The fourth-order valence-electron chi connectivity index (χ4n) is 1.77. The van der Waals surface area contributed by atoms with Crippen LogP contribution in [0.1, 0.15) is 10.4 Å². The van der Waals surface area contributed by atoms with Gasteiger partial charge in [-0.05, 0) is 6.07 Å². The second kappa shape index (κ2) is 7.66. The molecule has 20 heavy (non-hydrogen) atoms. The number of methoxy groups -OCH3 is 2. The van der Waals surface area contributed by atoms with Crippen molar-refractivity contribution in [2.75, 3.05) is 51.2 Å². The van der Waals surface area contributed by atoms with Gasteiger partial charge in [0.25, 0.3) is 0 Å². The summed E-state index contributed by atoms with van der Waals surface area (Å²) in [7, 11) is 3.12. The molecule has 0 amide bonds. The quantitative estimate of drug-likeness (QED) is 0.699. The molecule has 7 heteroatoms. The van der Waals surface area contributed by atoms with E-state index in [1.54, 1.807) is 19.1 Å². The molecule has 0 aliphatic heterocycles. The van der Waals surface area contributed by atoms with Crippen molar-refractivity contribution in [2.24, 2.45) is 0 Å². The third-order valence-corrected chi connectivity index (χ3v) is 2.82. The number of benzene rings is 1. The number of anilines is 2. The van der Waals surface area contributed by atoms with Crippen molar-refractivity contribution in [3.8, 4) is 0 Å². The molecule has 0 radical (unpaired) electrons. The molecule has 0 saturated heterocycles. The van der Waals surface area contributed by atoms with E-state index in [4.69, 9.17) is 20.3 Å². The molecule has 0 aliphatic carbocycles. The highest BCUT2D eigenvalue weighted by Gasteiger charge is 2.17. The van der Waals surface area contributed by atoms with Crippen LogP contribution >= 0.6 is 0 Å². The minimum atomic E-state index is -1.35. The zero-order chi connectivity index (χ0) is 15.1. The molecule has 0 fully saturated rings. The maximum Gasteiger partial charge on any atom is 0.338 e. The van der Waals surface area contributed by atoms with Crippen LogP contribution in [-0.4, -0.2) is 51.6 Å². The van der Waals surface area contributed by atoms with Gasteiger partial charge in [0.15, 0.2) is 0 Å². The van der Waals surface area contributed by atoms with E-state index in [9.17, 15) is 9.18 Å². The average molecular weight is 286 g/mol. The Bertz CT molecular complexity index is 460. The maximum atomic E-state index is 13.8. The van der Waals surface area contributed by atoms with Gasteiger partial charge >= 0.3 is 5.97 Å². The molecule has 0 aromatic heterocycles. The second-order valence-electron chi connectivity index (χ2n) is 4.17. The first kappa shape index (κ1) is 16.2. The number of hydrogen-bond acceptors (Lipinski definition) is 5. The minimum Gasteiger partial charge on any atom is -0.478 e. The van der Waals surface area contributed by atoms with Crippen molar-refractivity contribution in [1.82, 2.24) is 0 Å². The Labute approximate surface area is 116 Å². The van der Waals surface area contributed by atoms with E-state index in [0.29, 0.717) is 32.0 Å². The molecule has 0 heterocycles. The Kier molecular flexibility index (Phi) is 6.20. The number of carboxylic acid groups (broad SMARTS) is 1. The van der Waals surface area contributed by atoms with Crippen LogP contribution in [0.2, 0.25) is 0 Å². The van der Waals surface area contributed by atoms with E-state index in [-0.39, 0.29) is 5.69 Å². The van der Waals surface area contributed by atoms with Crippen LogP contribution in [0.5, 0.6) is 0 Å². The molecular weight excluding hydrogens is 267 g/mol. The van der Waals surface area contributed by atoms with E-state index in [1.807, 2.05) is 0 Å². The van der Waals surface area contributed by atoms with Gasteiger partial charge in [-0.1, -0.05) is 0 Å². The predicted molar refractivity (Wildman–Crippen MR) is 73.7 cm³/mol. The molecule has 3 N–H and O–H groups in total. The Morgan fingerprint density at radius 2 is 1.85 bits per heavy atom. The van der Waals surface area contributed by atoms with Crippen molar-refractivity contribution >= 4 is 17.3 Å². The van der Waals surface area contributed by atoms with Gasteiger partial charge in [-0.3, -0.25) is 0 Å². The zero-order valence-electron chi connectivity index (χ0n) is 11.6. The molecule has 1 aromatic carbocycles. The Balaban J connectivity index is 3.05. The first-order chi connectivity index (χ1) is 9.51. The predicted octanol–water partition coefficient (Wildman–Crippen LogP) is 1.21. The number of halogens is 1. The van der Waals surface area contributed by atoms with Crippen molar-refractivity contribution in [2.45, 2.75) is 0 Å². The topological polar surface area (TPSA) is 85.0 Å². The number of aromatic carboxylic acids is 1. The zero-order valence-corrected chi connectivity index (χ0v) is 11.6. The summed E-state index contributed by atoms with van der Waals surface area (Å²) in [5.41, 5.74) is 6.02. The molecule has 0 aliphatic rings. The molecule has 0 bridgehead atoms. The lowest BCUT2D eigenvalue weighted by molar-refractivity contribution is 0.0692. The summed E-state index contributed by atoms with van der Waals surface area (Å²) in [4.78, 5) is 12.6. The number of carboxylic acids is 1. The van der Waals surface area contributed by atoms with Crippen LogP contribution < -0.4 is 10.6 Å². The molecule has 0 spiro atoms. The number of rotatable bonds is 8. The largest absolute Gasteiger partial charge is 0.478 e. The first-order valence-electron chi connectivity index (χ1n) is 6.06. The standard InChI is InChI=1S/C13H19FN2O4/c1-19-5-3-16(4-6-20-2)12-8-10(14)9(13(17)18)7-11(12)15/h7-8H,3-6,15H2,1-2H3,(H,17,18). The van der Waals surface area contributed by atoms with Gasteiger partial charge in [0, 0.05) is 33.4 Å². The Hall–Kier alpha value is -1.86. The third-order valence-electron chi connectivity index (χ3n) is 2.82. The summed E-state index contributed by atoms with van der Waals surface area (Å²) >= 11 is 0. The molecule has 0 saturated carbocycles. The maximum absolute atomic E-state index is 13.8. The van der Waals surface area contributed by atoms with Crippen LogP contribution in [0.15, 0.2) is 12.1 Å². The number of nitrogens with two attached hydrogens (primary N) is 1. The third kappa shape index (κ3) is 4.07. The van der Waals surface area contributed by atoms with Crippen LogP contribution in [0.4, 0.5) is 15.8 Å². The highest BCUT2D eigenvalue weighted by atomic mass is 19.1. The summed E-state index contributed by atoms with van der Waals surface area (Å²) in [5.74, 6) is -2.16. The monoisotopic (exact) mass is 286 g/mol. The van der Waals surface area contributed by atoms with E-state index < -0.39 is 17.3 Å². The molecule has 112 valence electrons. The summed E-state index contributed by atoms with van der Waals surface area (Å²) in [6.07, 6.45) is 0. The molecule has 0 unspecified atom stereocenters. The summed E-state index contributed by atoms with van der Waals surface area (Å²) in [5, 5.41) is 8.85. The fourth-order valence-corrected chi connectivity index (χ4v) is 1.77. The number of nitrogens with zero attached hydrogens (tertiary/aromatic N) is 1. The van der Waals surface area contributed by atoms with Gasteiger partial charge in [-0.25, -0.2) is 9.18 Å². The van der Waals surface area contributed by atoms with E-state index in [1.165, 1.54) is 0 Å². The van der Waals surface area contributed by atoms with Gasteiger partial charge in [-0.2, -0.15) is 0 Å². The number of carbonyl (C=O) groups is 1. The molecule has 1 rings (SSSR count). The van der Waals surface area contributed by atoms with Gasteiger partial charge < -0.3 is 25.2 Å². The number of hydrogen-bond donors (Lipinski definition) is 2. The smallest absolute Gasteiger partial charge is 0.338 e. The Morgan fingerprint density at radius 1 is 1.30 bits per heavy atom. The lowest BCUT2D eigenvalue weighted by Gasteiger charge is -2.26. The van der Waals surface area contributed by atoms with E-state index in [0.717, 1.165) is 12.1 Å². The lowest BCUT2D eigenvalue weighted by atomic mass is 10.1. The van der Waals surface area contributed by atoms with E-state index >= 15 is 0 Å². The van der Waals surface area contributed by atoms with Crippen LogP contribution in [0, 0.1) is 5.82 Å². The summed E-state index contributed by atoms with van der Waals surface area (Å²) in [6, 6.07) is 2.25. The van der Waals surface area contributed by atoms with Crippen LogP contribution in [-0.2, 0) is 9.47 Å². The summed E-state index contributed by atoms with van der Waals surface area (Å²) < 4.78 is 23.7. The number of ether oxygens (including phenoxy) is 2. The van der Waals surface area contributed by atoms with Crippen molar-refractivity contribution in [3.63, 3.8) is 0 Å². The average Bonchev–Trinajstić information content (AvgIpc) is 2.41. The molecule has 0 atom stereocenters. The van der Waals surface area contributed by atoms with E-state index in [2.05, 4.69) is 0 Å². The minimum absolute atomic E-state index is 0.205. The second-order valence-corrected chi connectivity index (χ2v) is 4.17. The van der Waals surface area contributed by atoms with Crippen LogP contribution in [0.25, 0.3) is 0 Å². The van der Waals surface area contributed by atoms with Crippen molar-refractivity contribution in [3.05, 3.63) is 23.5 Å². The van der Waals surface area contributed by atoms with Gasteiger partial charge in [0.05, 0.1) is 30.2 Å². The summed E-state index contributed by atoms with van der Waals surface area (Å²) in [6.45, 7) is 1.86. The van der Waals surface area contributed by atoms with Gasteiger partial charge in [0.1, 0.15) is 5.82 Å². The van der Waals surface area contributed by atoms with Crippen LogP contribution in [0.3, 0.4) is 0 Å². The Morgan fingerprint density at radius 3 is 2.30 bits per heavy atom. The van der Waals surface area contributed by atoms with Gasteiger partial charge in [0.2, 0.25) is 0 Å². The number of nitrogen functional groups attached to an aromatic ring is 1. The molecule has 1 aromatic rings. The molecular formula is C13H19FN2O4. The molecule has 6 nitrogen and oxygen atoms in total. The lowest BCUT2D eigenvalue weighted by Crippen LogP contribution is -2.31. The SMILES string of the molecule is COCCN(CCOC)c1cc(F)c(C(=O)O)cc1N. The van der Waals surface area contributed by atoms with Crippen molar-refractivity contribution < 1.29 is 23.8 Å². The fraction of sp³-hybridized carbons (Fsp3) is 0.462.